The lowest BCUT2D eigenvalue weighted by molar-refractivity contribution is 1.08. The molecule has 0 radical (unpaired) electrons. The molecule has 5 heteroatoms. The van der Waals surface area contributed by atoms with E-state index in [1.807, 2.05) is 0 Å². The lowest BCUT2D eigenvalue weighted by Gasteiger charge is -2.12. The average molecular weight is 745 g/mol. The quantitative estimate of drug-likeness (QED) is 0.176. The van der Waals surface area contributed by atoms with E-state index in [1.54, 1.807) is 11.3 Å². The number of benzene rings is 8. The topological polar surface area (TPSA) is 35.6 Å². The van der Waals surface area contributed by atoms with Crippen molar-refractivity contribution in [1.82, 2.24) is 19.1 Å². The third-order valence-electron chi connectivity index (χ3n) is 11.3. The van der Waals surface area contributed by atoms with Gasteiger partial charge in [0.05, 0.1) is 32.3 Å². The molecule has 0 unspecified atom stereocenters. The summed E-state index contributed by atoms with van der Waals surface area (Å²) < 4.78 is 7.00. The highest BCUT2D eigenvalue weighted by Crippen LogP contribution is 2.42. The van der Waals surface area contributed by atoms with Crippen LogP contribution in [0.4, 0.5) is 0 Å². The van der Waals surface area contributed by atoms with E-state index in [0.29, 0.717) is 5.82 Å². The molecule has 0 saturated carbocycles. The highest BCUT2D eigenvalue weighted by atomic mass is 32.1. The first-order valence-corrected chi connectivity index (χ1v) is 20.1. The van der Waals surface area contributed by atoms with Gasteiger partial charge in [-0.3, -0.25) is 4.57 Å². The van der Waals surface area contributed by atoms with E-state index >= 15 is 0 Å². The molecule has 0 amide bonds. The van der Waals surface area contributed by atoms with Gasteiger partial charge in [0, 0.05) is 42.9 Å². The molecule has 0 bridgehead atoms. The number of nitrogens with zero attached hydrogens (tertiary/aromatic N) is 4. The van der Waals surface area contributed by atoms with Crippen molar-refractivity contribution in [3.8, 4) is 45.1 Å². The number of para-hydroxylation sites is 3. The fourth-order valence-electron chi connectivity index (χ4n) is 8.71. The summed E-state index contributed by atoms with van der Waals surface area (Å²) in [5, 5.41) is 6.02. The molecule has 12 rings (SSSR count). The van der Waals surface area contributed by atoms with Crippen molar-refractivity contribution < 1.29 is 0 Å². The summed E-state index contributed by atoms with van der Waals surface area (Å²) in [5.41, 5.74) is 12.4. The van der Waals surface area contributed by atoms with Gasteiger partial charge in [-0.25, -0.2) is 9.97 Å². The first-order valence-electron chi connectivity index (χ1n) is 19.2. The zero-order valence-corrected chi connectivity index (χ0v) is 31.5. The molecule has 266 valence electrons. The molecule has 4 aromatic heterocycles. The standard InChI is InChI=1S/C52H32N4S/c1-3-14-33(15-4-1)34-16-13-17-37(30-34)51-53-49-41-22-9-12-25-48(41)57-50(49)52(54-51)56-45-24-11-8-21-40(45)43-32-36(27-29-47(43)56)35-26-28-46-42(31-35)39-20-7-10-23-44(39)55(46)38-18-5-2-6-19-38/h1-32H. The van der Waals surface area contributed by atoms with Crippen LogP contribution in [0.1, 0.15) is 0 Å². The number of hydrogen-bond donors (Lipinski definition) is 0. The normalized spacial score (nSPS) is 11.9. The summed E-state index contributed by atoms with van der Waals surface area (Å²) in [6.07, 6.45) is 0. The molecule has 0 aliphatic rings. The van der Waals surface area contributed by atoms with Gasteiger partial charge in [-0.15, -0.1) is 11.3 Å². The maximum atomic E-state index is 5.47. The van der Waals surface area contributed by atoms with Crippen LogP contribution in [-0.4, -0.2) is 19.1 Å². The molecular formula is C52H32N4S. The van der Waals surface area contributed by atoms with E-state index in [1.165, 1.54) is 54.0 Å². The van der Waals surface area contributed by atoms with E-state index in [0.717, 1.165) is 49.3 Å². The van der Waals surface area contributed by atoms with E-state index in [-0.39, 0.29) is 0 Å². The van der Waals surface area contributed by atoms with E-state index in [9.17, 15) is 0 Å². The fraction of sp³-hybridized carbons (Fsp3) is 0. The zero-order valence-electron chi connectivity index (χ0n) is 30.7. The van der Waals surface area contributed by atoms with E-state index in [4.69, 9.17) is 9.97 Å². The number of thiophene rings is 1. The van der Waals surface area contributed by atoms with E-state index < -0.39 is 0 Å². The predicted octanol–water partition coefficient (Wildman–Crippen LogP) is 14.0. The van der Waals surface area contributed by atoms with Crippen LogP contribution in [0.15, 0.2) is 194 Å². The Bertz CT molecular complexity index is 3520. The molecule has 8 aromatic carbocycles. The molecule has 57 heavy (non-hydrogen) atoms. The summed E-state index contributed by atoms with van der Waals surface area (Å²) >= 11 is 1.76. The molecule has 4 heterocycles. The number of hydrogen-bond acceptors (Lipinski definition) is 3. The van der Waals surface area contributed by atoms with Gasteiger partial charge in [-0.1, -0.05) is 133 Å². The zero-order chi connectivity index (χ0) is 37.5. The molecular weight excluding hydrogens is 713 g/mol. The van der Waals surface area contributed by atoms with Gasteiger partial charge >= 0.3 is 0 Å². The summed E-state index contributed by atoms with van der Waals surface area (Å²) in [7, 11) is 0. The molecule has 0 N–H and O–H groups in total. The largest absolute Gasteiger partial charge is 0.309 e. The first-order chi connectivity index (χ1) is 28.3. The van der Waals surface area contributed by atoms with Crippen LogP contribution in [0.25, 0.3) is 109 Å². The minimum atomic E-state index is 0.712. The SMILES string of the molecule is c1ccc(-c2cccc(-c3nc(-n4c5ccccc5c5cc(-c6ccc7c(c6)c6ccccc6n7-c6ccccc6)ccc54)c4sc5ccccc5c4n3)c2)cc1. The van der Waals surface area contributed by atoms with Gasteiger partial charge in [-0.05, 0) is 82.9 Å². The lowest BCUT2D eigenvalue weighted by atomic mass is 10.0. The van der Waals surface area contributed by atoms with Crippen LogP contribution in [0.2, 0.25) is 0 Å². The summed E-state index contributed by atoms with van der Waals surface area (Å²) in [5.74, 6) is 1.61. The van der Waals surface area contributed by atoms with Crippen LogP contribution in [0, 0.1) is 0 Å². The molecule has 4 nitrogen and oxygen atoms in total. The molecule has 0 aliphatic carbocycles. The van der Waals surface area contributed by atoms with Crippen molar-refractivity contribution in [1.29, 1.82) is 0 Å². The highest BCUT2D eigenvalue weighted by Gasteiger charge is 2.21. The van der Waals surface area contributed by atoms with Crippen molar-refractivity contribution in [2.75, 3.05) is 0 Å². The maximum Gasteiger partial charge on any atom is 0.162 e. The number of fused-ring (bicyclic) bond motifs is 9. The van der Waals surface area contributed by atoms with Gasteiger partial charge in [0.15, 0.2) is 11.6 Å². The first kappa shape index (κ1) is 32.0. The van der Waals surface area contributed by atoms with Crippen molar-refractivity contribution in [2.24, 2.45) is 0 Å². The van der Waals surface area contributed by atoms with Crippen molar-refractivity contribution in [2.45, 2.75) is 0 Å². The molecule has 0 aliphatic heterocycles. The Morgan fingerprint density at radius 1 is 0.351 bits per heavy atom. The Morgan fingerprint density at radius 2 is 0.877 bits per heavy atom. The third kappa shape index (κ3) is 4.99. The van der Waals surface area contributed by atoms with Crippen LogP contribution < -0.4 is 0 Å². The van der Waals surface area contributed by atoms with Gasteiger partial charge in [0.2, 0.25) is 0 Å². The molecule has 0 spiro atoms. The molecule has 12 aromatic rings. The highest BCUT2D eigenvalue weighted by molar-refractivity contribution is 7.26. The second kappa shape index (κ2) is 12.6. The Morgan fingerprint density at radius 3 is 1.60 bits per heavy atom. The van der Waals surface area contributed by atoms with Crippen LogP contribution in [-0.2, 0) is 0 Å². The Kier molecular flexibility index (Phi) is 7.06. The van der Waals surface area contributed by atoms with Crippen LogP contribution >= 0.6 is 11.3 Å². The van der Waals surface area contributed by atoms with Crippen LogP contribution in [0.3, 0.4) is 0 Å². The van der Waals surface area contributed by atoms with Crippen LogP contribution in [0.5, 0.6) is 0 Å². The smallest absolute Gasteiger partial charge is 0.162 e. The minimum Gasteiger partial charge on any atom is -0.309 e. The Hall–Kier alpha value is -7.34. The second-order valence-electron chi connectivity index (χ2n) is 14.6. The van der Waals surface area contributed by atoms with Gasteiger partial charge in [0.25, 0.3) is 0 Å². The van der Waals surface area contributed by atoms with Gasteiger partial charge < -0.3 is 4.57 Å². The number of rotatable bonds is 5. The molecule has 0 atom stereocenters. The lowest BCUT2D eigenvalue weighted by Crippen LogP contribution is -2.01. The van der Waals surface area contributed by atoms with Crippen molar-refractivity contribution in [3.05, 3.63) is 194 Å². The minimum absolute atomic E-state index is 0.712. The summed E-state index contributed by atoms with van der Waals surface area (Å²) in [6, 6.07) is 69.6. The molecule has 0 saturated heterocycles. The van der Waals surface area contributed by atoms with Gasteiger partial charge in [0.1, 0.15) is 0 Å². The second-order valence-corrected chi connectivity index (χ2v) is 15.7. The van der Waals surface area contributed by atoms with Crippen molar-refractivity contribution >= 4 is 75.3 Å². The molecule has 0 fully saturated rings. The monoisotopic (exact) mass is 744 g/mol. The van der Waals surface area contributed by atoms with Gasteiger partial charge in [-0.2, -0.15) is 0 Å². The third-order valence-corrected chi connectivity index (χ3v) is 12.5. The fourth-order valence-corrected chi connectivity index (χ4v) is 9.84. The summed E-state index contributed by atoms with van der Waals surface area (Å²) in [6.45, 7) is 0. The van der Waals surface area contributed by atoms with E-state index in [2.05, 4.69) is 203 Å². The predicted molar refractivity (Wildman–Crippen MR) is 240 cm³/mol. The Balaban J connectivity index is 1.07. The average Bonchev–Trinajstić information content (AvgIpc) is 3.94. The Labute approximate surface area is 332 Å². The summed E-state index contributed by atoms with van der Waals surface area (Å²) in [4.78, 5) is 10.8. The number of aromatic nitrogens is 4. The van der Waals surface area contributed by atoms with Crippen molar-refractivity contribution in [3.63, 3.8) is 0 Å². The maximum absolute atomic E-state index is 5.47.